The van der Waals surface area contributed by atoms with Crippen LogP contribution in [0.1, 0.15) is 23.2 Å². The largest absolute Gasteiger partial charge is 0.508 e. The van der Waals surface area contributed by atoms with Crippen molar-refractivity contribution in [3.8, 4) is 5.75 Å². The number of aromatic hydroxyl groups is 1. The molecule has 3 rings (SSSR count). The average molecular weight is 326 g/mol. The standard InChI is InChI=1S/C18H18N2O4/c21-15-9-7-14(8-10-15)19-17(22)12-3-5-13(6-4-12)20-18(23)16-2-1-11-24-16/h3-10,16,21H,1-2,11H2,(H,19,22)(H,20,23)/t16-/m0/s1. The van der Waals surface area contributed by atoms with Crippen molar-refractivity contribution >= 4 is 23.2 Å². The number of amides is 2. The van der Waals surface area contributed by atoms with Crippen LogP contribution < -0.4 is 10.6 Å². The molecule has 0 spiro atoms. The Hall–Kier alpha value is -2.86. The van der Waals surface area contributed by atoms with E-state index in [4.69, 9.17) is 4.74 Å². The number of rotatable bonds is 4. The molecule has 1 heterocycles. The summed E-state index contributed by atoms with van der Waals surface area (Å²) in [5, 5.41) is 14.7. The molecular weight excluding hydrogens is 308 g/mol. The number of benzene rings is 2. The minimum Gasteiger partial charge on any atom is -0.508 e. The van der Waals surface area contributed by atoms with Crippen LogP contribution in [0.5, 0.6) is 5.75 Å². The average Bonchev–Trinajstić information content (AvgIpc) is 3.12. The van der Waals surface area contributed by atoms with Crippen molar-refractivity contribution in [2.75, 3.05) is 17.2 Å². The van der Waals surface area contributed by atoms with Crippen molar-refractivity contribution < 1.29 is 19.4 Å². The summed E-state index contributed by atoms with van der Waals surface area (Å²) in [6.07, 6.45) is 1.25. The Labute approximate surface area is 139 Å². The van der Waals surface area contributed by atoms with Gasteiger partial charge in [-0.3, -0.25) is 9.59 Å². The van der Waals surface area contributed by atoms with E-state index in [0.717, 1.165) is 12.8 Å². The predicted molar refractivity (Wildman–Crippen MR) is 90.1 cm³/mol. The topological polar surface area (TPSA) is 87.7 Å². The first-order valence-corrected chi connectivity index (χ1v) is 7.75. The van der Waals surface area contributed by atoms with E-state index in [1.54, 1.807) is 36.4 Å². The van der Waals surface area contributed by atoms with Gasteiger partial charge in [-0.2, -0.15) is 0 Å². The van der Waals surface area contributed by atoms with Crippen LogP contribution in [0.25, 0.3) is 0 Å². The maximum absolute atomic E-state index is 12.2. The van der Waals surface area contributed by atoms with Gasteiger partial charge in [0.25, 0.3) is 11.8 Å². The first-order valence-electron chi connectivity index (χ1n) is 7.75. The van der Waals surface area contributed by atoms with Crippen molar-refractivity contribution in [3.05, 3.63) is 54.1 Å². The second-order valence-corrected chi connectivity index (χ2v) is 5.57. The van der Waals surface area contributed by atoms with Gasteiger partial charge >= 0.3 is 0 Å². The molecule has 24 heavy (non-hydrogen) atoms. The summed E-state index contributed by atoms with van der Waals surface area (Å²) in [5.41, 5.74) is 1.68. The molecule has 0 aromatic heterocycles. The molecule has 2 aromatic carbocycles. The Morgan fingerprint density at radius 2 is 1.58 bits per heavy atom. The number of carbonyl (C=O) groups excluding carboxylic acids is 2. The fourth-order valence-electron chi connectivity index (χ4n) is 2.46. The summed E-state index contributed by atoms with van der Waals surface area (Å²) in [7, 11) is 0. The van der Waals surface area contributed by atoms with Gasteiger partial charge in [0.05, 0.1) is 0 Å². The Balaban J connectivity index is 1.60. The lowest BCUT2D eigenvalue weighted by Crippen LogP contribution is -2.26. The molecule has 0 aliphatic carbocycles. The molecule has 3 N–H and O–H groups in total. The van der Waals surface area contributed by atoms with Crippen LogP contribution in [0, 0.1) is 0 Å². The Bertz CT molecular complexity index is 720. The first kappa shape index (κ1) is 16.0. The molecule has 0 unspecified atom stereocenters. The van der Waals surface area contributed by atoms with E-state index in [2.05, 4.69) is 10.6 Å². The molecule has 0 radical (unpaired) electrons. The molecule has 2 aromatic rings. The SMILES string of the molecule is O=C(Nc1ccc(O)cc1)c1ccc(NC(=O)[C@@H]2CCCO2)cc1. The van der Waals surface area contributed by atoms with Crippen LogP contribution >= 0.6 is 0 Å². The second kappa shape index (κ2) is 7.14. The van der Waals surface area contributed by atoms with Crippen molar-refractivity contribution in [2.45, 2.75) is 18.9 Å². The van der Waals surface area contributed by atoms with Gasteiger partial charge in [0.15, 0.2) is 0 Å². The van der Waals surface area contributed by atoms with E-state index in [1.165, 1.54) is 12.1 Å². The maximum atomic E-state index is 12.2. The Morgan fingerprint density at radius 3 is 2.21 bits per heavy atom. The number of carbonyl (C=O) groups is 2. The van der Waals surface area contributed by atoms with E-state index < -0.39 is 0 Å². The molecule has 6 heteroatoms. The summed E-state index contributed by atoms with van der Waals surface area (Å²) in [6.45, 7) is 0.620. The van der Waals surface area contributed by atoms with Gasteiger partial charge in [-0.25, -0.2) is 0 Å². The number of nitrogens with one attached hydrogen (secondary N) is 2. The van der Waals surface area contributed by atoms with E-state index in [1.807, 2.05) is 0 Å². The van der Waals surface area contributed by atoms with Gasteiger partial charge in [0.1, 0.15) is 11.9 Å². The van der Waals surface area contributed by atoms with E-state index in [-0.39, 0.29) is 23.7 Å². The minimum absolute atomic E-state index is 0.138. The lowest BCUT2D eigenvalue weighted by molar-refractivity contribution is -0.124. The number of ether oxygens (including phenoxy) is 1. The fraction of sp³-hybridized carbons (Fsp3) is 0.222. The Kier molecular flexibility index (Phi) is 4.77. The van der Waals surface area contributed by atoms with Gasteiger partial charge in [0.2, 0.25) is 0 Å². The molecule has 6 nitrogen and oxygen atoms in total. The summed E-state index contributed by atoms with van der Waals surface area (Å²) in [6, 6.07) is 12.9. The zero-order valence-electron chi connectivity index (χ0n) is 13.0. The van der Waals surface area contributed by atoms with E-state index in [9.17, 15) is 14.7 Å². The van der Waals surface area contributed by atoms with Crippen molar-refractivity contribution in [3.63, 3.8) is 0 Å². The van der Waals surface area contributed by atoms with Crippen LogP contribution in [0.4, 0.5) is 11.4 Å². The first-order chi connectivity index (χ1) is 11.6. The predicted octanol–water partition coefficient (Wildman–Crippen LogP) is 2.76. The Morgan fingerprint density at radius 1 is 0.958 bits per heavy atom. The van der Waals surface area contributed by atoms with Crippen molar-refractivity contribution in [1.29, 1.82) is 0 Å². The van der Waals surface area contributed by atoms with Crippen LogP contribution in [0.3, 0.4) is 0 Å². The third-order valence-electron chi connectivity index (χ3n) is 3.76. The van der Waals surface area contributed by atoms with Crippen LogP contribution in [-0.2, 0) is 9.53 Å². The summed E-state index contributed by atoms with van der Waals surface area (Å²) < 4.78 is 5.33. The highest BCUT2D eigenvalue weighted by Crippen LogP contribution is 2.17. The van der Waals surface area contributed by atoms with Crippen LogP contribution in [0.15, 0.2) is 48.5 Å². The zero-order valence-corrected chi connectivity index (χ0v) is 13.0. The number of phenolic OH excluding ortho intramolecular Hbond substituents is 1. The van der Waals surface area contributed by atoms with Gasteiger partial charge in [-0.05, 0) is 61.4 Å². The molecule has 1 fully saturated rings. The lowest BCUT2D eigenvalue weighted by atomic mass is 10.1. The van der Waals surface area contributed by atoms with Gasteiger partial charge in [-0.15, -0.1) is 0 Å². The second-order valence-electron chi connectivity index (χ2n) is 5.57. The van der Waals surface area contributed by atoms with Gasteiger partial charge < -0.3 is 20.5 Å². The summed E-state index contributed by atoms with van der Waals surface area (Å²) >= 11 is 0. The van der Waals surface area contributed by atoms with Crippen molar-refractivity contribution in [1.82, 2.24) is 0 Å². The van der Waals surface area contributed by atoms with E-state index in [0.29, 0.717) is 23.5 Å². The summed E-state index contributed by atoms with van der Waals surface area (Å²) in [4.78, 5) is 24.1. The molecule has 124 valence electrons. The molecule has 1 aliphatic heterocycles. The molecule has 1 aliphatic rings. The molecule has 1 atom stereocenters. The number of hydrogen-bond acceptors (Lipinski definition) is 4. The monoisotopic (exact) mass is 326 g/mol. The number of hydrogen-bond donors (Lipinski definition) is 3. The third kappa shape index (κ3) is 3.91. The highest BCUT2D eigenvalue weighted by atomic mass is 16.5. The normalized spacial score (nSPS) is 16.6. The molecule has 1 saturated heterocycles. The lowest BCUT2D eigenvalue weighted by Gasteiger charge is -2.11. The quantitative estimate of drug-likeness (QED) is 0.754. The van der Waals surface area contributed by atoms with Gasteiger partial charge in [0, 0.05) is 23.5 Å². The minimum atomic E-state index is -0.387. The van der Waals surface area contributed by atoms with Gasteiger partial charge in [-0.1, -0.05) is 0 Å². The van der Waals surface area contributed by atoms with Crippen LogP contribution in [0.2, 0.25) is 0 Å². The molecule has 0 bridgehead atoms. The summed E-state index contributed by atoms with van der Waals surface area (Å²) in [5.74, 6) is -0.286. The highest BCUT2D eigenvalue weighted by Gasteiger charge is 2.23. The fourth-order valence-corrected chi connectivity index (χ4v) is 2.46. The highest BCUT2D eigenvalue weighted by molar-refractivity contribution is 6.04. The number of phenols is 1. The molecule has 2 amide bonds. The maximum Gasteiger partial charge on any atom is 0.255 e. The molecule has 0 saturated carbocycles. The zero-order chi connectivity index (χ0) is 16.9. The molecular formula is C18H18N2O4. The van der Waals surface area contributed by atoms with Crippen LogP contribution in [-0.4, -0.2) is 29.6 Å². The third-order valence-corrected chi connectivity index (χ3v) is 3.76. The number of anilines is 2. The van der Waals surface area contributed by atoms with Crippen molar-refractivity contribution in [2.24, 2.45) is 0 Å². The van der Waals surface area contributed by atoms with E-state index >= 15 is 0 Å². The smallest absolute Gasteiger partial charge is 0.255 e.